The summed E-state index contributed by atoms with van der Waals surface area (Å²) >= 11 is 1.65. The molecule has 3 rings (SSSR count). The molecule has 0 aliphatic rings. The predicted molar refractivity (Wildman–Crippen MR) is 100.0 cm³/mol. The molecule has 0 bridgehead atoms. The van der Waals surface area contributed by atoms with Gasteiger partial charge in [0, 0.05) is 12.3 Å². The van der Waals surface area contributed by atoms with Crippen molar-refractivity contribution in [3.8, 4) is 17.3 Å². The topological polar surface area (TPSA) is 53.1 Å². The molecule has 0 fully saturated rings. The third-order valence-electron chi connectivity index (χ3n) is 3.58. The summed E-state index contributed by atoms with van der Waals surface area (Å²) in [5, 5.41) is 9.56. The predicted octanol–water partition coefficient (Wildman–Crippen LogP) is 4.67. The highest BCUT2D eigenvalue weighted by molar-refractivity contribution is 7.99. The van der Waals surface area contributed by atoms with Crippen molar-refractivity contribution < 1.29 is 9.15 Å². The van der Waals surface area contributed by atoms with E-state index in [-0.39, 0.29) is 0 Å². The molecule has 0 saturated heterocycles. The van der Waals surface area contributed by atoms with E-state index < -0.39 is 0 Å². The number of rotatable bonds is 8. The van der Waals surface area contributed by atoms with Gasteiger partial charge in [-0.1, -0.05) is 37.7 Å². The fraction of sp³-hybridized carbons (Fsp3) is 0.368. The first kappa shape index (κ1) is 17.6. The van der Waals surface area contributed by atoms with Crippen LogP contribution in [0.2, 0.25) is 0 Å². The van der Waals surface area contributed by atoms with E-state index in [9.17, 15) is 0 Å². The molecule has 1 aromatic carbocycles. The lowest BCUT2D eigenvalue weighted by Gasteiger charge is -2.11. The van der Waals surface area contributed by atoms with Gasteiger partial charge in [-0.2, -0.15) is 0 Å². The van der Waals surface area contributed by atoms with Crippen LogP contribution in [0.5, 0.6) is 5.75 Å². The van der Waals surface area contributed by atoms with Gasteiger partial charge in [-0.05, 0) is 42.7 Å². The van der Waals surface area contributed by atoms with Crippen molar-refractivity contribution in [3.05, 3.63) is 48.2 Å². The summed E-state index contributed by atoms with van der Waals surface area (Å²) in [6, 6.07) is 11.9. The number of aryl methyl sites for hydroxylation is 1. The summed E-state index contributed by atoms with van der Waals surface area (Å²) in [6.07, 6.45) is 1.66. The minimum Gasteiger partial charge on any atom is -0.493 e. The van der Waals surface area contributed by atoms with Crippen LogP contribution in [0.4, 0.5) is 0 Å². The quantitative estimate of drug-likeness (QED) is 0.433. The van der Waals surface area contributed by atoms with Gasteiger partial charge in [0.1, 0.15) is 5.75 Å². The molecule has 5 nitrogen and oxygen atoms in total. The Morgan fingerprint density at radius 1 is 1.20 bits per heavy atom. The van der Waals surface area contributed by atoms with Crippen molar-refractivity contribution in [2.45, 2.75) is 32.5 Å². The molecule has 0 aliphatic heterocycles. The van der Waals surface area contributed by atoms with E-state index in [1.54, 1.807) is 18.0 Å². The summed E-state index contributed by atoms with van der Waals surface area (Å²) < 4.78 is 13.4. The average Bonchev–Trinajstić information content (AvgIpc) is 3.21. The van der Waals surface area contributed by atoms with Crippen LogP contribution in [-0.4, -0.2) is 27.1 Å². The lowest BCUT2D eigenvalue weighted by molar-refractivity contribution is 0.343. The first-order chi connectivity index (χ1) is 12.1. The van der Waals surface area contributed by atoms with Crippen LogP contribution in [0.15, 0.2) is 52.2 Å². The van der Waals surface area contributed by atoms with Gasteiger partial charge in [-0.25, -0.2) is 0 Å². The molecule has 2 aromatic heterocycles. The summed E-state index contributed by atoms with van der Waals surface area (Å²) in [6.45, 7) is 7.90. The summed E-state index contributed by atoms with van der Waals surface area (Å²) in [5.74, 6) is 3.73. The average molecular weight is 357 g/mol. The Kier molecular flexibility index (Phi) is 5.81. The Morgan fingerprint density at radius 3 is 2.80 bits per heavy atom. The molecule has 3 aromatic rings. The fourth-order valence-electron chi connectivity index (χ4n) is 2.51. The van der Waals surface area contributed by atoms with Gasteiger partial charge in [0.15, 0.2) is 16.7 Å². The van der Waals surface area contributed by atoms with Crippen molar-refractivity contribution in [1.82, 2.24) is 14.8 Å². The number of ether oxygens (including phenoxy) is 1. The van der Waals surface area contributed by atoms with Crippen molar-refractivity contribution in [2.24, 2.45) is 5.92 Å². The number of nitrogens with zero attached hydrogens (tertiary/aromatic N) is 3. The Bertz CT molecular complexity index is 797. The first-order valence-corrected chi connectivity index (χ1v) is 9.41. The molecule has 25 heavy (non-hydrogen) atoms. The van der Waals surface area contributed by atoms with Crippen LogP contribution >= 0.6 is 11.8 Å². The number of aromatic nitrogens is 3. The van der Waals surface area contributed by atoms with E-state index in [0.717, 1.165) is 34.8 Å². The van der Waals surface area contributed by atoms with Crippen LogP contribution < -0.4 is 4.74 Å². The van der Waals surface area contributed by atoms with Gasteiger partial charge in [0.05, 0.1) is 12.9 Å². The minimum absolute atomic E-state index is 0.493. The van der Waals surface area contributed by atoms with E-state index in [0.29, 0.717) is 12.5 Å². The summed E-state index contributed by atoms with van der Waals surface area (Å²) in [4.78, 5) is 0. The smallest absolute Gasteiger partial charge is 0.200 e. The lowest BCUT2D eigenvalue weighted by atomic mass is 10.2. The van der Waals surface area contributed by atoms with E-state index in [2.05, 4.69) is 41.6 Å². The van der Waals surface area contributed by atoms with Crippen LogP contribution in [-0.2, 0) is 6.54 Å². The second-order valence-corrected chi connectivity index (χ2v) is 7.36. The zero-order valence-electron chi connectivity index (χ0n) is 14.8. The standard InChI is InChI=1S/C19H23N3O2S/c1-14(2)13-22-18(17-8-5-9-24-17)20-21-19(22)25-11-10-23-16-7-4-6-15(3)12-16/h4-9,12,14H,10-11,13H2,1-3H3. The van der Waals surface area contributed by atoms with Crippen molar-refractivity contribution in [2.75, 3.05) is 12.4 Å². The van der Waals surface area contributed by atoms with Crippen LogP contribution in [0.25, 0.3) is 11.6 Å². The normalized spacial score (nSPS) is 11.2. The number of benzene rings is 1. The molecule has 0 saturated carbocycles. The Labute approximate surface area is 152 Å². The highest BCUT2D eigenvalue weighted by Gasteiger charge is 2.17. The van der Waals surface area contributed by atoms with Crippen molar-refractivity contribution in [1.29, 1.82) is 0 Å². The fourth-order valence-corrected chi connectivity index (χ4v) is 3.28. The molecular weight excluding hydrogens is 334 g/mol. The van der Waals surface area contributed by atoms with Crippen LogP contribution in [0, 0.1) is 12.8 Å². The molecule has 0 radical (unpaired) electrons. The minimum atomic E-state index is 0.493. The maximum Gasteiger partial charge on any atom is 0.200 e. The zero-order valence-corrected chi connectivity index (χ0v) is 15.6. The summed E-state index contributed by atoms with van der Waals surface area (Å²) in [5.41, 5.74) is 1.20. The largest absolute Gasteiger partial charge is 0.493 e. The van der Waals surface area contributed by atoms with Crippen LogP contribution in [0.3, 0.4) is 0 Å². The van der Waals surface area contributed by atoms with E-state index in [1.807, 2.05) is 30.3 Å². The molecule has 2 heterocycles. The Hall–Kier alpha value is -2.21. The summed E-state index contributed by atoms with van der Waals surface area (Å²) in [7, 11) is 0. The monoisotopic (exact) mass is 357 g/mol. The third-order valence-corrected chi connectivity index (χ3v) is 4.51. The molecule has 0 atom stereocenters. The molecular formula is C19H23N3O2S. The number of hydrogen-bond acceptors (Lipinski definition) is 5. The molecule has 0 spiro atoms. The van der Waals surface area contributed by atoms with Crippen LogP contribution in [0.1, 0.15) is 19.4 Å². The second kappa shape index (κ2) is 8.25. The van der Waals surface area contributed by atoms with E-state index >= 15 is 0 Å². The van der Waals surface area contributed by atoms with Gasteiger partial charge < -0.3 is 9.15 Å². The number of furan rings is 1. The van der Waals surface area contributed by atoms with Gasteiger partial charge in [-0.15, -0.1) is 10.2 Å². The molecule has 0 N–H and O–H groups in total. The molecule has 0 unspecified atom stereocenters. The SMILES string of the molecule is Cc1cccc(OCCSc2nnc(-c3ccco3)n2CC(C)C)c1. The van der Waals surface area contributed by atoms with Crippen molar-refractivity contribution >= 4 is 11.8 Å². The van der Waals surface area contributed by atoms with E-state index in [1.165, 1.54) is 5.56 Å². The maximum absolute atomic E-state index is 5.81. The molecule has 6 heteroatoms. The highest BCUT2D eigenvalue weighted by Crippen LogP contribution is 2.25. The van der Waals surface area contributed by atoms with E-state index in [4.69, 9.17) is 9.15 Å². The van der Waals surface area contributed by atoms with Gasteiger partial charge in [0.2, 0.25) is 0 Å². The highest BCUT2D eigenvalue weighted by atomic mass is 32.2. The maximum atomic E-state index is 5.81. The van der Waals surface area contributed by atoms with Crippen molar-refractivity contribution in [3.63, 3.8) is 0 Å². The Balaban J connectivity index is 1.63. The lowest BCUT2D eigenvalue weighted by Crippen LogP contribution is -2.08. The van der Waals surface area contributed by atoms with Gasteiger partial charge in [-0.3, -0.25) is 4.57 Å². The first-order valence-electron chi connectivity index (χ1n) is 8.43. The second-order valence-electron chi connectivity index (χ2n) is 6.30. The number of thioether (sulfide) groups is 1. The molecule has 0 aliphatic carbocycles. The third kappa shape index (κ3) is 4.66. The number of hydrogen-bond donors (Lipinski definition) is 0. The molecule has 0 amide bonds. The van der Waals surface area contributed by atoms with Gasteiger partial charge in [0.25, 0.3) is 0 Å². The molecule has 132 valence electrons. The van der Waals surface area contributed by atoms with Gasteiger partial charge >= 0.3 is 0 Å². The Morgan fingerprint density at radius 2 is 2.08 bits per heavy atom. The zero-order chi connectivity index (χ0) is 17.6.